The molecule has 104 valence electrons. The fourth-order valence-corrected chi connectivity index (χ4v) is 3.05. The number of hydrogen-bond acceptors (Lipinski definition) is 2. The molecule has 1 saturated heterocycles. The standard InChI is InChI=1S/C15H20BrNO2/c1-11-5-6-12(9-13(11)16)10-17-8-4-3-7-15(17,2)14(18)19/h5-6,9H,3-4,7-8,10H2,1-2H3,(H,18,19). The van der Waals surface area contributed by atoms with E-state index in [-0.39, 0.29) is 0 Å². The Hall–Kier alpha value is -0.870. The van der Waals surface area contributed by atoms with Gasteiger partial charge in [-0.05, 0) is 56.8 Å². The predicted octanol–water partition coefficient (Wildman–Crippen LogP) is 3.59. The van der Waals surface area contributed by atoms with Gasteiger partial charge in [-0.15, -0.1) is 0 Å². The minimum atomic E-state index is -0.727. The van der Waals surface area contributed by atoms with Crippen molar-refractivity contribution in [3.8, 4) is 0 Å². The highest BCUT2D eigenvalue weighted by atomic mass is 79.9. The summed E-state index contributed by atoms with van der Waals surface area (Å²) in [4.78, 5) is 13.6. The molecule has 1 aromatic rings. The highest BCUT2D eigenvalue weighted by molar-refractivity contribution is 9.10. The van der Waals surface area contributed by atoms with Crippen molar-refractivity contribution < 1.29 is 9.90 Å². The molecule has 1 unspecified atom stereocenters. The number of aliphatic carboxylic acids is 1. The Labute approximate surface area is 122 Å². The molecule has 0 saturated carbocycles. The van der Waals surface area contributed by atoms with Crippen LogP contribution < -0.4 is 0 Å². The van der Waals surface area contributed by atoms with Gasteiger partial charge in [0, 0.05) is 11.0 Å². The van der Waals surface area contributed by atoms with Crippen LogP contribution in [-0.4, -0.2) is 28.1 Å². The second-order valence-corrected chi connectivity index (χ2v) is 6.40. The first kappa shape index (κ1) is 14.5. The smallest absolute Gasteiger partial charge is 0.323 e. The van der Waals surface area contributed by atoms with Gasteiger partial charge < -0.3 is 5.11 Å². The summed E-state index contributed by atoms with van der Waals surface area (Å²) in [6, 6.07) is 6.24. The second kappa shape index (κ2) is 5.63. The lowest BCUT2D eigenvalue weighted by Crippen LogP contribution is -2.54. The fourth-order valence-electron chi connectivity index (χ4n) is 2.63. The normalized spacial score (nSPS) is 24.4. The largest absolute Gasteiger partial charge is 0.480 e. The van der Waals surface area contributed by atoms with E-state index in [1.54, 1.807) is 0 Å². The van der Waals surface area contributed by atoms with Gasteiger partial charge in [-0.1, -0.05) is 28.1 Å². The Kier molecular flexibility index (Phi) is 4.31. The van der Waals surface area contributed by atoms with E-state index in [2.05, 4.69) is 46.0 Å². The molecule has 1 aromatic carbocycles. The topological polar surface area (TPSA) is 40.5 Å². The summed E-state index contributed by atoms with van der Waals surface area (Å²) in [5.74, 6) is -0.710. The minimum Gasteiger partial charge on any atom is -0.480 e. The first-order valence-electron chi connectivity index (χ1n) is 6.67. The molecule has 1 aliphatic heterocycles. The van der Waals surface area contributed by atoms with Crippen molar-refractivity contribution in [1.82, 2.24) is 4.90 Å². The van der Waals surface area contributed by atoms with E-state index >= 15 is 0 Å². The quantitative estimate of drug-likeness (QED) is 0.923. The lowest BCUT2D eigenvalue weighted by atomic mass is 9.88. The summed E-state index contributed by atoms with van der Waals surface area (Å²) in [6.45, 7) is 5.45. The third-order valence-corrected chi connectivity index (χ3v) is 4.96. The van der Waals surface area contributed by atoms with E-state index in [0.717, 1.165) is 35.8 Å². The van der Waals surface area contributed by atoms with Gasteiger partial charge in [0.15, 0.2) is 0 Å². The summed E-state index contributed by atoms with van der Waals surface area (Å²) in [7, 11) is 0. The molecule has 1 atom stereocenters. The first-order chi connectivity index (χ1) is 8.93. The zero-order chi connectivity index (χ0) is 14.0. The average molecular weight is 326 g/mol. The number of piperidine rings is 1. The van der Waals surface area contributed by atoms with Crippen molar-refractivity contribution in [2.24, 2.45) is 0 Å². The molecule has 19 heavy (non-hydrogen) atoms. The monoisotopic (exact) mass is 325 g/mol. The molecule has 1 fully saturated rings. The van der Waals surface area contributed by atoms with Crippen molar-refractivity contribution in [3.63, 3.8) is 0 Å². The van der Waals surface area contributed by atoms with Gasteiger partial charge >= 0.3 is 5.97 Å². The Balaban J connectivity index is 2.20. The molecule has 0 radical (unpaired) electrons. The van der Waals surface area contributed by atoms with Gasteiger partial charge in [-0.25, -0.2) is 0 Å². The molecule has 2 rings (SSSR count). The highest BCUT2D eigenvalue weighted by Gasteiger charge is 2.41. The Bertz CT molecular complexity index is 489. The summed E-state index contributed by atoms with van der Waals surface area (Å²) >= 11 is 3.53. The van der Waals surface area contributed by atoms with E-state index in [1.165, 1.54) is 5.56 Å². The summed E-state index contributed by atoms with van der Waals surface area (Å²) in [5, 5.41) is 9.49. The van der Waals surface area contributed by atoms with Crippen LogP contribution in [0.1, 0.15) is 37.3 Å². The molecule has 3 nitrogen and oxygen atoms in total. The molecule has 0 aromatic heterocycles. The van der Waals surface area contributed by atoms with E-state index in [1.807, 2.05) is 6.92 Å². The molecular formula is C15H20BrNO2. The Morgan fingerprint density at radius 3 is 2.84 bits per heavy atom. The lowest BCUT2D eigenvalue weighted by Gasteiger charge is -2.41. The number of halogens is 1. The Morgan fingerprint density at radius 1 is 1.47 bits per heavy atom. The number of carboxylic acid groups (broad SMARTS) is 1. The van der Waals surface area contributed by atoms with Gasteiger partial charge in [0.25, 0.3) is 0 Å². The van der Waals surface area contributed by atoms with Crippen LogP contribution in [0.5, 0.6) is 0 Å². The average Bonchev–Trinajstić information content (AvgIpc) is 2.36. The van der Waals surface area contributed by atoms with Gasteiger partial charge in [0.05, 0.1) is 0 Å². The van der Waals surface area contributed by atoms with Crippen LogP contribution in [0, 0.1) is 6.92 Å². The van der Waals surface area contributed by atoms with Crippen LogP contribution in [0.15, 0.2) is 22.7 Å². The first-order valence-corrected chi connectivity index (χ1v) is 7.46. The van der Waals surface area contributed by atoms with Gasteiger partial charge in [0.1, 0.15) is 5.54 Å². The van der Waals surface area contributed by atoms with Crippen LogP contribution in [-0.2, 0) is 11.3 Å². The lowest BCUT2D eigenvalue weighted by molar-refractivity contribution is -0.153. The predicted molar refractivity (Wildman–Crippen MR) is 79.2 cm³/mol. The van der Waals surface area contributed by atoms with E-state index in [4.69, 9.17) is 0 Å². The van der Waals surface area contributed by atoms with Crippen molar-refractivity contribution in [2.75, 3.05) is 6.54 Å². The van der Waals surface area contributed by atoms with Crippen LogP contribution in [0.25, 0.3) is 0 Å². The van der Waals surface area contributed by atoms with Gasteiger partial charge in [-0.2, -0.15) is 0 Å². The summed E-state index contributed by atoms with van der Waals surface area (Å²) < 4.78 is 1.08. The van der Waals surface area contributed by atoms with Crippen LogP contribution in [0.2, 0.25) is 0 Å². The van der Waals surface area contributed by atoms with E-state index in [0.29, 0.717) is 6.54 Å². The summed E-state index contributed by atoms with van der Waals surface area (Å²) in [5.41, 5.74) is 1.63. The molecule has 1 aliphatic rings. The fraction of sp³-hybridized carbons (Fsp3) is 0.533. The molecule has 0 amide bonds. The number of benzene rings is 1. The van der Waals surface area contributed by atoms with Gasteiger partial charge in [0.2, 0.25) is 0 Å². The van der Waals surface area contributed by atoms with E-state index in [9.17, 15) is 9.90 Å². The molecular weight excluding hydrogens is 306 g/mol. The zero-order valence-corrected chi connectivity index (χ0v) is 13.0. The molecule has 4 heteroatoms. The molecule has 0 bridgehead atoms. The highest BCUT2D eigenvalue weighted by Crippen LogP contribution is 2.30. The third kappa shape index (κ3) is 3.00. The second-order valence-electron chi connectivity index (χ2n) is 5.54. The minimum absolute atomic E-state index is 0.696. The van der Waals surface area contributed by atoms with Crippen LogP contribution in [0.4, 0.5) is 0 Å². The number of carboxylic acids is 1. The Morgan fingerprint density at radius 2 is 2.21 bits per heavy atom. The number of carbonyl (C=O) groups is 1. The zero-order valence-electron chi connectivity index (χ0n) is 11.4. The van der Waals surface area contributed by atoms with Crippen LogP contribution >= 0.6 is 15.9 Å². The molecule has 0 spiro atoms. The van der Waals surface area contributed by atoms with Crippen molar-refractivity contribution in [1.29, 1.82) is 0 Å². The maximum atomic E-state index is 11.5. The number of nitrogens with zero attached hydrogens (tertiary/aromatic N) is 1. The maximum absolute atomic E-state index is 11.5. The maximum Gasteiger partial charge on any atom is 0.323 e. The van der Waals surface area contributed by atoms with Crippen molar-refractivity contribution >= 4 is 21.9 Å². The van der Waals surface area contributed by atoms with Gasteiger partial charge in [-0.3, -0.25) is 9.69 Å². The summed E-state index contributed by atoms with van der Waals surface area (Å²) in [6.07, 6.45) is 2.81. The number of rotatable bonds is 3. The molecule has 1 heterocycles. The number of hydrogen-bond donors (Lipinski definition) is 1. The van der Waals surface area contributed by atoms with E-state index < -0.39 is 11.5 Å². The SMILES string of the molecule is Cc1ccc(CN2CCCCC2(C)C(=O)O)cc1Br. The van der Waals surface area contributed by atoms with Crippen molar-refractivity contribution in [3.05, 3.63) is 33.8 Å². The molecule has 1 N–H and O–H groups in total. The third-order valence-electron chi connectivity index (χ3n) is 4.11. The van der Waals surface area contributed by atoms with Crippen LogP contribution in [0.3, 0.4) is 0 Å². The number of likely N-dealkylation sites (tertiary alicyclic amines) is 1. The van der Waals surface area contributed by atoms with Crippen molar-refractivity contribution in [2.45, 2.75) is 45.2 Å². The number of aryl methyl sites for hydroxylation is 1. The molecule has 0 aliphatic carbocycles.